The Bertz CT molecular complexity index is 303. The van der Waals surface area contributed by atoms with Crippen molar-refractivity contribution in [2.75, 3.05) is 12.0 Å². The highest BCUT2D eigenvalue weighted by Crippen LogP contribution is 2.19. The maximum absolute atomic E-state index is 11.0. The van der Waals surface area contributed by atoms with Gasteiger partial charge in [0.05, 0.1) is 10.7 Å². The van der Waals surface area contributed by atoms with Crippen LogP contribution < -0.4 is 5.73 Å². The molecule has 0 aliphatic rings. The summed E-state index contributed by atoms with van der Waals surface area (Å²) in [5.41, 5.74) is 5.31. The number of carbonyl (C=O) groups is 1. The molecule has 0 rings (SSSR count). The fraction of sp³-hybridized carbons (Fsp3) is 0.800. The molecule has 0 heterocycles. The Morgan fingerprint density at radius 3 is 2.50 bits per heavy atom. The highest BCUT2D eigenvalue weighted by atomic mass is 35.7. The van der Waals surface area contributed by atoms with E-state index < -0.39 is 20.3 Å². The van der Waals surface area contributed by atoms with Crippen molar-refractivity contribution >= 4 is 49.3 Å². The predicted octanol–water partition coefficient (Wildman–Crippen LogP) is 0.660. The van der Waals surface area contributed by atoms with Crippen molar-refractivity contribution in [1.82, 2.24) is 0 Å². The lowest BCUT2D eigenvalue weighted by molar-refractivity contribution is -0.136. The number of rotatable bonds is 5. The minimum absolute atomic E-state index is 0.0843. The SMILES string of the molecule is CSCCC(N)(Cl)C(=O)OS(=O)(=O)Cl. The third kappa shape index (κ3) is 5.92. The summed E-state index contributed by atoms with van der Waals surface area (Å²) < 4.78 is 24.6. The van der Waals surface area contributed by atoms with Crippen LogP contribution in [0.5, 0.6) is 0 Å². The first-order chi connectivity index (χ1) is 6.19. The zero-order chi connectivity index (χ0) is 11.4. The summed E-state index contributed by atoms with van der Waals surface area (Å²) in [6, 6.07) is 0. The van der Waals surface area contributed by atoms with Gasteiger partial charge in [-0.1, -0.05) is 11.6 Å². The molecule has 14 heavy (non-hydrogen) atoms. The molecule has 9 heteroatoms. The van der Waals surface area contributed by atoms with E-state index in [0.717, 1.165) is 0 Å². The van der Waals surface area contributed by atoms with E-state index in [9.17, 15) is 13.2 Å². The fourth-order valence-electron chi connectivity index (χ4n) is 0.512. The second-order valence-electron chi connectivity index (χ2n) is 2.37. The number of thioether (sulfide) groups is 1. The van der Waals surface area contributed by atoms with Crippen molar-refractivity contribution in [2.24, 2.45) is 5.73 Å². The fourth-order valence-corrected chi connectivity index (χ4v) is 1.83. The second-order valence-corrected chi connectivity index (χ2v) is 6.12. The molecule has 0 aromatic rings. The summed E-state index contributed by atoms with van der Waals surface area (Å²) >= 11 is 6.95. The lowest BCUT2D eigenvalue weighted by Crippen LogP contribution is -2.44. The van der Waals surface area contributed by atoms with Crippen LogP contribution in [-0.4, -0.2) is 31.4 Å². The van der Waals surface area contributed by atoms with E-state index in [1.807, 2.05) is 0 Å². The topological polar surface area (TPSA) is 86.5 Å². The molecule has 0 bridgehead atoms. The molecule has 0 aliphatic carbocycles. The lowest BCUT2D eigenvalue weighted by atomic mass is 10.2. The highest BCUT2D eigenvalue weighted by molar-refractivity contribution is 8.10. The Hall–Kier alpha value is 0.310. The van der Waals surface area contributed by atoms with Crippen LogP contribution in [0.4, 0.5) is 0 Å². The van der Waals surface area contributed by atoms with Gasteiger partial charge in [-0.05, 0) is 18.4 Å². The Morgan fingerprint density at radius 1 is 1.64 bits per heavy atom. The van der Waals surface area contributed by atoms with E-state index in [-0.39, 0.29) is 6.42 Å². The minimum Gasteiger partial charge on any atom is -0.331 e. The average Bonchev–Trinajstić information content (AvgIpc) is 1.97. The molecule has 0 spiro atoms. The van der Waals surface area contributed by atoms with Gasteiger partial charge in [0.25, 0.3) is 0 Å². The summed E-state index contributed by atoms with van der Waals surface area (Å²) in [5, 5.41) is 0. The van der Waals surface area contributed by atoms with Gasteiger partial charge in [0.1, 0.15) is 0 Å². The summed E-state index contributed by atoms with van der Waals surface area (Å²) in [5.74, 6) is -0.777. The van der Waals surface area contributed by atoms with Gasteiger partial charge >= 0.3 is 15.3 Å². The molecule has 0 fully saturated rings. The van der Waals surface area contributed by atoms with E-state index in [2.05, 4.69) is 14.9 Å². The molecule has 0 aliphatic heterocycles. The first-order valence-electron chi connectivity index (χ1n) is 3.34. The largest absolute Gasteiger partial charge is 0.403 e. The smallest absolute Gasteiger partial charge is 0.331 e. The normalized spacial score (nSPS) is 16.0. The van der Waals surface area contributed by atoms with Crippen molar-refractivity contribution in [2.45, 2.75) is 11.4 Å². The van der Waals surface area contributed by atoms with Crippen LogP contribution in [0.1, 0.15) is 6.42 Å². The Balaban J connectivity index is 4.36. The monoisotopic (exact) mass is 281 g/mol. The van der Waals surface area contributed by atoms with Crippen molar-refractivity contribution in [3.63, 3.8) is 0 Å². The van der Waals surface area contributed by atoms with Gasteiger partial charge in [0, 0.05) is 0 Å². The third-order valence-corrected chi connectivity index (χ3v) is 2.68. The first-order valence-corrected chi connectivity index (χ1v) is 7.35. The molecule has 0 saturated heterocycles. The molecule has 0 radical (unpaired) electrons. The highest BCUT2D eigenvalue weighted by Gasteiger charge is 2.35. The lowest BCUT2D eigenvalue weighted by Gasteiger charge is -2.17. The van der Waals surface area contributed by atoms with E-state index in [1.165, 1.54) is 11.8 Å². The Morgan fingerprint density at radius 2 is 2.14 bits per heavy atom. The zero-order valence-corrected chi connectivity index (χ0v) is 10.3. The molecule has 84 valence electrons. The van der Waals surface area contributed by atoms with E-state index in [1.54, 1.807) is 6.26 Å². The number of hydrogen-bond acceptors (Lipinski definition) is 6. The molecule has 0 aromatic heterocycles. The Labute approximate surface area is 95.9 Å². The number of halogens is 2. The minimum atomic E-state index is -4.38. The van der Waals surface area contributed by atoms with Gasteiger partial charge in [-0.25, -0.2) is 4.79 Å². The predicted molar refractivity (Wildman–Crippen MR) is 56.6 cm³/mol. The number of hydrogen-bond donors (Lipinski definition) is 1. The summed E-state index contributed by atoms with van der Waals surface area (Å²) in [7, 11) is 0.298. The molecule has 5 nitrogen and oxygen atoms in total. The van der Waals surface area contributed by atoms with E-state index in [0.29, 0.717) is 5.75 Å². The van der Waals surface area contributed by atoms with Gasteiger partial charge in [0.15, 0.2) is 5.00 Å². The molecule has 2 N–H and O–H groups in total. The molecule has 0 amide bonds. The van der Waals surface area contributed by atoms with Gasteiger partial charge in [-0.3, -0.25) is 0 Å². The van der Waals surface area contributed by atoms with Crippen LogP contribution in [0, 0.1) is 0 Å². The third-order valence-electron chi connectivity index (χ3n) is 1.18. The van der Waals surface area contributed by atoms with Gasteiger partial charge in [-0.2, -0.15) is 20.2 Å². The quantitative estimate of drug-likeness (QED) is 0.453. The van der Waals surface area contributed by atoms with Gasteiger partial charge < -0.3 is 9.92 Å². The van der Waals surface area contributed by atoms with Crippen molar-refractivity contribution in [3.05, 3.63) is 0 Å². The van der Waals surface area contributed by atoms with E-state index in [4.69, 9.17) is 17.3 Å². The van der Waals surface area contributed by atoms with E-state index >= 15 is 0 Å². The van der Waals surface area contributed by atoms with Gasteiger partial charge in [-0.15, -0.1) is 0 Å². The molecule has 0 aromatic carbocycles. The van der Waals surface area contributed by atoms with Crippen LogP contribution in [0.25, 0.3) is 0 Å². The molecular weight excluding hydrogens is 273 g/mol. The maximum atomic E-state index is 11.0. The first kappa shape index (κ1) is 14.3. The zero-order valence-electron chi connectivity index (χ0n) is 7.20. The van der Waals surface area contributed by atoms with Crippen LogP contribution in [-0.2, 0) is 18.3 Å². The number of nitrogens with two attached hydrogens (primary N) is 1. The van der Waals surface area contributed by atoms with Crippen LogP contribution >= 0.6 is 34.0 Å². The molecular formula is C5H9Cl2NO4S2. The van der Waals surface area contributed by atoms with Crippen molar-refractivity contribution in [1.29, 1.82) is 0 Å². The van der Waals surface area contributed by atoms with Crippen molar-refractivity contribution < 1.29 is 17.4 Å². The molecule has 1 atom stereocenters. The summed E-state index contributed by atoms with van der Waals surface area (Å²) in [6.07, 6.45) is 1.87. The molecule has 0 saturated carbocycles. The summed E-state index contributed by atoms with van der Waals surface area (Å²) in [6.45, 7) is 0. The standard InChI is InChI=1S/C5H9Cl2NO4S2/c1-13-3-2-5(6,8)4(9)12-14(7,10)11/h2-3,8H2,1H3. The van der Waals surface area contributed by atoms with Crippen LogP contribution in [0.15, 0.2) is 0 Å². The number of carbonyl (C=O) groups excluding carboxylic acids is 1. The molecule has 1 unspecified atom stereocenters. The van der Waals surface area contributed by atoms with Crippen LogP contribution in [0.2, 0.25) is 0 Å². The Kier molecular flexibility index (Phi) is 5.53. The maximum Gasteiger partial charge on any atom is 0.403 e. The number of alkyl halides is 1. The van der Waals surface area contributed by atoms with Crippen LogP contribution in [0.3, 0.4) is 0 Å². The average molecular weight is 282 g/mol. The van der Waals surface area contributed by atoms with Gasteiger partial charge in [0.2, 0.25) is 0 Å². The summed E-state index contributed by atoms with van der Waals surface area (Å²) in [4.78, 5) is 9.18. The second kappa shape index (κ2) is 5.41. The van der Waals surface area contributed by atoms with Crippen molar-refractivity contribution in [3.8, 4) is 0 Å².